The molecule has 2 atom stereocenters. The summed E-state index contributed by atoms with van der Waals surface area (Å²) in [5.74, 6) is 3.21. The Morgan fingerprint density at radius 2 is 1.45 bits per heavy atom. The molecule has 0 aliphatic heterocycles. The lowest BCUT2D eigenvalue weighted by atomic mass is 9.95. The molecule has 3 N–H and O–H groups in total. The molecule has 0 saturated heterocycles. The van der Waals surface area contributed by atoms with Crippen LogP contribution in [0.15, 0.2) is 48.5 Å². The summed E-state index contributed by atoms with van der Waals surface area (Å²) in [6.45, 7) is 0.901. The summed E-state index contributed by atoms with van der Waals surface area (Å²) in [5.41, 5.74) is -1.24. The molecular formula is C22H19F5N2O4. The second-order valence-corrected chi connectivity index (χ2v) is 6.97. The molecular weight excluding hydrogens is 451 g/mol. The Bertz CT molecular complexity index is 1040. The second kappa shape index (κ2) is 10.4. The average Bonchev–Trinajstić information content (AvgIpc) is 2.79. The molecule has 0 aliphatic rings. The van der Waals surface area contributed by atoms with Gasteiger partial charge in [-0.15, -0.1) is 0 Å². The van der Waals surface area contributed by atoms with E-state index < -0.39 is 41.6 Å². The monoisotopic (exact) mass is 470 g/mol. The number of carbonyl (C=O) groups excluding carboxylic acids is 2. The van der Waals surface area contributed by atoms with E-state index in [2.05, 4.69) is 17.2 Å². The fourth-order valence-electron chi connectivity index (χ4n) is 2.67. The maximum absolute atomic E-state index is 13.4. The Morgan fingerprint density at radius 1 is 0.970 bits per heavy atom. The van der Waals surface area contributed by atoms with Crippen LogP contribution in [0, 0.1) is 11.8 Å². The van der Waals surface area contributed by atoms with Crippen molar-refractivity contribution in [2.24, 2.45) is 0 Å². The number of benzene rings is 2. The molecule has 0 spiro atoms. The van der Waals surface area contributed by atoms with Crippen molar-refractivity contribution in [3.05, 3.63) is 70.8 Å². The zero-order valence-electron chi connectivity index (χ0n) is 17.3. The number of nitrogens with one attached hydrogen (secondary N) is 2. The minimum Gasteiger partial charge on any atom is -0.370 e. The molecule has 6 nitrogen and oxygen atoms in total. The topological polar surface area (TPSA) is 87.7 Å². The van der Waals surface area contributed by atoms with E-state index >= 15 is 0 Å². The Kier molecular flexibility index (Phi) is 8.13. The van der Waals surface area contributed by atoms with Crippen molar-refractivity contribution in [2.75, 3.05) is 7.11 Å². The lowest BCUT2D eigenvalue weighted by Gasteiger charge is -2.34. The Balaban J connectivity index is 2.17. The van der Waals surface area contributed by atoms with E-state index in [1.807, 2.05) is 0 Å². The Hall–Kier alpha value is -3.49. The van der Waals surface area contributed by atoms with Gasteiger partial charge in [0.2, 0.25) is 0 Å². The number of ether oxygens (including phenoxy) is 1. The summed E-state index contributed by atoms with van der Waals surface area (Å²) in [7, 11) is 0.931. The quantitative estimate of drug-likeness (QED) is 0.262. The summed E-state index contributed by atoms with van der Waals surface area (Å²) in [6, 6.07) is 7.82. The van der Waals surface area contributed by atoms with E-state index in [1.54, 1.807) is 0 Å². The number of methoxy groups -OCH3 is 1. The molecule has 33 heavy (non-hydrogen) atoms. The third kappa shape index (κ3) is 6.27. The van der Waals surface area contributed by atoms with Crippen molar-refractivity contribution in [3.63, 3.8) is 0 Å². The number of hydroxylamine groups is 1. The molecule has 0 aliphatic carbocycles. The third-order valence-corrected chi connectivity index (χ3v) is 4.80. The van der Waals surface area contributed by atoms with Crippen LogP contribution in [0.3, 0.4) is 0 Å². The highest BCUT2D eigenvalue weighted by Gasteiger charge is 2.48. The predicted octanol–water partition coefficient (Wildman–Crippen LogP) is 3.38. The van der Waals surface area contributed by atoms with Crippen LogP contribution in [0.4, 0.5) is 22.0 Å². The fourth-order valence-corrected chi connectivity index (χ4v) is 2.67. The van der Waals surface area contributed by atoms with E-state index in [9.17, 15) is 31.5 Å². The van der Waals surface area contributed by atoms with Crippen LogP contribution >= 0.6 is 0 Å². The van der Waals surface area contributed by atoms with Crippen molar-refractivity contribution in [1.29, 1.82) is 0 Å². The Morgan fingerprint density at radius 3 is 1.85 bits per heavy atom. The summed E-state index contributed by atoms with van der Waals surface area (Å²) < 4.78 is 69.4. The molecule has 2 amide bonds. The van der Waals surface area contributed by atoms with Gasteiger partial charge in [-0.2, -0.15) is 13.2 Å². The van der Waals surface area contributed by atoms with E-state index in [0.29, 0.717) is 11.1 Å². The van der Waals surface area contributed by atoms with Gasteiger partial charge >= 0.3 is 6.18 Å². The number of amides is 2. The van der Waals surface area contributed by atoms with Gasteiger partial charge < -0.3 is 10.1 Å². The van der Waals surface area contributed by atoms with Gasteiger partial charge in [-0.25, -0.2) is 14.3 Å². The standard InChI is InChI=1S/C22H19F5N2O4/c1-21(33-2,20(23)24)17(19(31)29-32)28-18(30)15-9-5-13(6-10-15)3-4-14-7-11-16(12-8-14)22(25,26)27/h5-12,17,20,32H,1-2H3,(H,28,30)(H,29,31)/t17-,21?/m1/s1. The SMILES string of the molecule is COC(C)(C(F)F)[C@H](NC(=O)c1ccc(C#Cc2ccc(C(F)(F)F)cc2)cc1)C(=O)NO. The normalized spacial score (nSPS) is 14.0. The van der Waals surface area contributed by atoms with Crippen molar-refractivity contribution < 1.29 is 41.5 Å². The minimum absolute atomic E-state index is 0.00135. The first-order valence-electron chi connectivity index (χ1n) is 9.30. The molecule has 0 heterocycles. The molecule has 2 rings (SSSR count). The lowest BCUT2D eigenvalue weighted by Crippen LogP contribution is -2.62. The van der Waals surface area contributed by atoms with Gasteiger partial charge in [0.05, 0.1) is 5.56 Å². The summed E-state index contributed by atoms with van der Waals surface area (Å²) in [6.07, 6.45) is -7.62. The highest BCUT2D eigenvalue weighted by atomic mass is 19.4. The minimum atomic E-state index is -4.45. The smallest absolute Gasteiger partial charge is 0.370 e. The molecule has 0 fully saturated rings. The zero-order valence-corrected chi connectivity index (χ0v) is 17.3. The molecule has 0 bridgehead atoms. The first kappa shape index (κ1) is 25.8. The Labute approximate surface area is 185 Å². The van der Waals surface area contributed by atoms with Crippen LogP contribution in [-0.4, -0.2) is 42.2 Å². The number of halogens is 5. The lowest BCUT2D eigenvalue weighted by molar-refractivity contribution is -0.157. The van der Waals surface area contributed by atoms with Gasteiger partial charge in [-0.3, -0.25) is 14.8 Å². The highest BCUT2D eigenvalue weighted by Crippen LogP contribution is 2.29. The van der Waals surface area contributed by atoms with Gasteiger partial charge in [0, 0.05) is 23.8 Å². The van der Waals surface area contributed by atoms with Gasteiger partial charge in [0.1, 0.15) is 6.04 Å². The van der Waals surface area contributed by atoms with E-state index in [-0.39, 0.29) is 5.56 Å². The van der Waals surface area contributed by atoms with Crippen LogP contribution in [0.2, 0.25) is 0 Å². The first-order valence-corrected chi connectivity index (χ1v) is 9.30. The van der Waals surface area contributed by atoms with Gasteiger partial charge in [-0.05, 0) is 55.5 Å². The van der Waals surface area contributed by atoms with Crippen molar-refractivity contribution in [3.8, 4) is 11.8 Å². The molecule has 1 unspecified atom stereocenters. The van der Waals surface area contributed by atoms with Gasteiger partial charge in [-0.1, -0.05) is 11.8 Å². The number of hydrogen-bond acceptors (Lipinski definition) is 4. The van der Waals surface area contributed by atoms with Crippen LogP contribution in [0.25, 0.3) is 0 Å². The summed E-state index contributed by atoms with van der Waals surface area (Å²) in [5, 5.41) is 11.0. The van der Waals surface area contributed by atoms with Gasteiger partial charge in [0.25, 0.3) is 18.2 Å². The second-order valence-electron chi connectivity index (χ2n) is 6.97. The third-order valence-electron chi connectivity index (χ3n) is 4.80. The van der Waals surface area contributed by atoms with Crippen LogP contribution in [0.5, 0.6) is 0 Å². The number of hydrogen-bond donors (Lipinski definition) is 3. The molecule has 0 aromatic heterocycles. The summed E-state index contributed by atoms with van der Waals surface area (Å²) >= 11 is 0. The fraction of sp³-hybridized carbons (Fsp3) is 0.273. The van der Waals surface area contributed by atoms with Crippen LogP contribution in [-0.2, 0) is 15.7 Å². The maximum Gasteiger partial charge on any atom is 0.416 e. The molecule has 176 valence electrons. The molecule has 0 saturated carbocycles. The summed E-state index contributed by atoms with van der Waals surface area (Å²) in [4.78, 5) is 24.3. The molecule has 0 radical (unpaired) electrons. The van der Waals surface area contributed by atoms with Crippen LogP contribution in [0.1, 0.15) is 34.0 Å². The molecule has 2 aromatic rings. The van der Waals surface area contributed by atoms with E-state index in [1.165, 1.54) is 41.9 Å². The van der Waals surface area contributed by atoms with E-state index in [4.69, 9.17) is 9.94 Å². The number of alkyl halides is 5. The van der Waals surface area contributed by atoms with Gasteiger partial charge in [0.15, 0.2) is 5.60 Å². The highest BCUT2D eigenvalue weighted by molar-refractivity contribution is 5.97. The van der Waals surface area contributed by atoms with Crippen LogP contribution < -0.4 is 10.8 Å². The van der Waals surface area contributed by atoms with Crippen molar-refractivity contribution >= 4 is 11.8 Å². The average molecular weight is 470 g/mol. The van der Waals surface area contributed by atoms with E-state index in [0.717, 1.165) is 26.2 Å². The number of carbonyl (C=O) groups is 2. The molecule has 11 heteroatoms. The number of rotatable bonds is 6. The predicted molar refractivity (Wildman–Crippen MR) is 106 cm³/mol. The largest absolute Gasteiger partial charge is 0.416 e. The van der Waals surface area contributed by atoms with Crippen molar-refractivity contribution in [1.82, 2.24) is 10.8 Å². The zero-order chi connectivity index (χ0) is 24.8. The van der Waals surface area contributed by atoms with Crippen molar-refractivity contribution in [2.45, 2.75) is 31.2 Å². The molecule has 2 aromatic carbocycles. The first-order chi connectivity index (χ1) is 15.4. The maximum atomic E-state index is 13.4.